The van der Waals surface area contributed by atoms with Crippen molar-refractivity contribution in [2.75, 3.05) is 0 Å². The Morgan fingerprint density at radius 2 is 2.05 bits per heavy atom. The predicted molar refractivity (Wildman–Crippen MR) is 78.9 cm³/mol. The van der Waals surface area contributed by atoms with E-state index >= 15 is 0 Å². The first-order chi connectivity index (χ1) is 9.74. The zero-order chi connectivity index (χ0) is 14.4. The molecule has 0 amide bonds. The maximum Gasteiger partial charge on any atom is 0.0991 e. The van der Waals surface area contributed by atoms with Crippen molar-refractivity contribution in [2.45, 2.75) is 39.4 Å². The van der Waals surface area contributed by atoms with Gasteiger partial charge in [0, 0.05) is 25.3 Å². The van der Waals surface area contributed by atoms with E-state index < -0.39 is 0 Å². The van der Waals surface area contributed by atoms with E-state index in [9.17, 15) is 0 Å². The summed E-state index contributed by atoms with van der Waals surface area (Å²) in [6.07, 6.45) is 2.93. The molecule has 1 unspecified atom stereocenters. The molecule has 2 rings (SSSR count). The van der Waals surface area contributed by atoms with Crippen molar-refractivity contribution < 1.29 is 0 Å². The highest BCUT2D eigenvalue weighted by Crippen LogP contribution is 2.14. The highest BCUT2D eigenvalue weighted by Gasteiger charge is 2.07. The molecule has 0 aliphatic heterocycles. The molecule has 20 heavy (non-hydrogen) atoms. The molecule has 4 nitrogen and oxygen atoms in total. The molecule has 1 N–H and O–H groups in total. The van der Waals surface area contributed by atoms with Crippen molar-refractivity contribution in [3.8, 4) is 6.07 Å². The molecule has 0 saturated carbocycles. The van der Waals surface area contributed by atoms with Gasteiger partial charge in [-0.05, 0) is 37.1 Å². The standard InChI is InChI=1S/C16H20N4/c1-3-10-20-16(8-9-19-20)12-18-13(2)15-6-4-14(11-17)5-7-15/h4-9,13,18H,3,10,12H2,1-2H3. The third-order valence-electron chi connectivity index (χ3n) is 3.37. The maximum atomic E-state index is 8.80. The Kier molecular flexibility index (Phi) is 4.91. The second-order valence-electron chi connectivity index (χ2n) is 4.88. The summed E-state index contributed by atoms with van der Waals surface area (Å²) in [5.41, 5.74) is 3.08. The van der Waals surface area contributed by atoms with Gasteiger partial charge in [0.05, 0.1) is 17.3 Å². The summed E-state index contributed by atoms with van der Waals surface area (Å²) in [4.78, 5) is 0. The molecule has 0 aliphatic carbocycles. The minimum Gasteiger partial charge on any atom is -0.305 e. The molecular weight excluding hydrogens is 248 g/mol. The van der Waals surface area contributed by atoms with E-state index in [0.29, 0.717) is 5.56 Å². The quantitative estimate of drug-likeness (QED) is 0.876. The second-order valence-corrected chi connectivity index (χ2v) is 4.88. The first kappa shape index (κ1) is 14.3. The highest BCUT2D eigenvalue weighted by molar-refractivity contribution is 5.32. The Bertz CT molecular complexity index is 577. The molecule has 1 aromatic heterocycles. The summed E-state index contributed by atoms with van der Waals surface area (Å²) in [6, 6.07) is 12.1. The zero-order valence-electron chi connectivity index (χ0n) is 12.0. The summed E-state index contributed by atoms with van der Waals surface area (Å²) in [7, 11) is 0. The summed E-state index contributed by atoms with van der Waals surface area (Å²) >= 11 is 0. The first-order valence-corrected chi connectivity index (χ1v) is 6.98. The number of aromatic nitrogens is 2. The van der Waals surface area contributed by atoms with Crippen LogP contribution in [0.3, 0.4) is 0 Å². The molecular formula is C16H20N4. The second kappa shape index (κ2) is 6.88. The van der Waals surface area contributed by atoms with Gasteiger partial charge < -0.3 is 5.32 Å². The fourth-order valence-corrected chi connectivity index (χ4v) is 2.15. The lowest BCUT2D eigenvalue weighted by atomic mass is 10.1. The predicted octanol–water partition coefficient (Wildman–Crippen LogP) is 3.02. The monoisotopic (exact) mass is 268 g/mol. The normalized spacial score (nSPS) is 12.1. The number of nitriles is 1. The summed E-state index contributed by atoms with van der Waals surface area (Å²) < 4.78 is 2.04. The van der Waals surface area contributed by atoms with Crippen LogP contribution >= 0.6 is 0 Å². The van der Waals surface area contributed by atoms with E-state index in [4.69, 9.17) is 5.26 Å². The number of nitrogens with zero attached hydrogens (tertiary/aromatic N) is 3. The number of rotatable bonds is 6. The highest BCUT2D eigenvalue weighted by atomic mass is 15.3. The van der Waals surface area contributed by atoms with Crippen molar-refractivity contribution in [1.82, 2.24) is 15.1 Å². The van der Waals surface area contributed by atoms with Gasteiger partial charge in [-0.3, -0.25) is 4.68 Å². The van der Waals surface area contributed by atoms with Crippen LogP contribution < -0.4 is 5.32 Å². The number of hydrogen-bond donors (Lipinski definition) is 1. The average Bonchev–Trinajstić information content (AvgIpc) is 2.92. The van der Waals surface area contributed by atoms with Crippen LogP contribution in [-0.2, 0) is 13.1 Å². The summed E-state index contributed by atoms with van der Waals surface area (Å²) in [5, 5.41) is 16.6. The Hall–Kier alpha value is -2.12. The minimum atomic E-state index is 0.243. The SMILES string of the molecule is CCCn1nccc1CNC(C)c1ccc(C#N)cc1. The molecule has 4 heteroatoms. The molecule has 1 aromatic carbocycles. The van der Waals surface area contributed by atoms with Crippen molar-refractivity contribution in [3.05, 3.63) is 53.3 Å². The molecule has 0 fully saturated rings. The summed E-state index contributed by atoms with van der Waals surface area (Å²) in [5.74, 6) is 0. The van der Waals surface area contributed by atoms with Gasteiger partial charge in [0.25, 0.3) is 0 Å². The van der Waals surface area contributed by atoms with Crippen molar-refractivity contribution >= 4 is 0 Å². The van der Waals surface area contributed by atoms with Gasteiger partial charge in [0.15, 0.2) is 0 Å². The number of benzene rings is 1. The van der Waals surface area contributed by atoms with Crippen LogP contribution in [0.5, 0.6) is 0 Å². The fourth-order valence-electron chi connectivity index (χ4n) is 2.15. The smallest absolute Gasteiger partial charge is 0.0991 e. The number of nitrogens with one attached hydrogen (secondary N) is 1. The van der Waals surface area contributed by atoms with Crippen LogP contribution in [-0.4, -0.2) is 9.78 Å². The molecule has 1 heterocycles. The zero-order valence-corrected chi connectivity index (χ0v) is 12.0. The molecule has 0 saturated heterocycles. The first-order valence-electron chi connectivity index (χ1n) is 6.98. The Balaban J connectivity index is 1.95. The Labute approximate surface area is 120 Å². The van der Waals surface area contributed by atoms with E-state index in [-0.39, 0.29) is 6.04 Å². The van der Waals surface area contributed by atoms with Gasteiger partial charge in [0.2, 0.25) is 0 Å². The number of aryl methyl sites for hydroxylation is 1. The largest absolute Gasteiger partial charge is 0.305 e. The van der Waals surface area contributed by atoms with Crippen molar-refractivity contribution in [2.24, 2.45) is 0 Å². The lowest BCUT2D eigenvalue weighted by Gasteiger charge is -2.15. The molecule has 2 aromatic rings. The van der Waals surface area contributed by atoms with Crippen molar-refractivity contribution in [1.29, 1.82) is 5.26 Å². The van der Waals surface area contributed by atoms with E-state index in [1.165, 1.54) is 11.3 Å². The van der Waals surface area contributed by atoms with Gasteiger partial charge in [-0.15, -0.1) is 0 Å². The average molecular weight is 268 g/mol. The van der Waals surface area contributed by atoms with Crippen LogP contribution in [0.1, 0.15) is 43.1 Å². The van der Waals surface area contributed by atoms with Crippen molar-refractivity contribution in [3.63, 3.8) is 0 Å². The molecule has 104 valence electrons. The van der Waals surface area contributed by atoms with E-state index in [1.807, 2.05) is 41.2 Å². The number of hydrogen-bond acceptors (Lipinski definition) is 3. The fraction of sp³-hybridized carbons (Fsp3) is 0.375. The van der Waals surface area contributed by atoms with Gasteiger partial charge in [-0.25, -0.2) is 0 Å². The van der Waals surface area contributed by atoms with Gasteiger partial charge in [-0.1, -0.05) is 19.1 Å². The van der Waals surface area contributed by atoms with Gasteiger partial charge >= 0.3 is 0 Å². The third kappa shape index (κ3) is 3.46. The van der Waals surface area contributed by atoms with E-state index in [1.54, 1.807) is 0 Å². The Morgan fingerprint density at radius 3 is 2.70 bits per heavy atom. The third-order valence-corrected chi connectivity index (χ3v) is 3.37. The molecule has 1 atom stereocenters. The summed E-state index contributed by atoms with van der Waals surface area (Å²) in [6.45, 7) is 6.02. The van der Waals surface area contributed by atoms with E-state index in [0.717, 1.165) is 19.5 Å². The van der Waals surface area contributed by atoms with Gasteiger partial charge in [0.1, 0.15) is 0 Å². The molecule has 0 spiro atoms. The van der Waals surface area contributed by atoms with Gasteiger partial charge in [-0.2, -0.15) is 10.4 Å². The maximum absolute atomic E-state index is 8.80. The topological polar surface area (TPSA) is 53.6 Å². The van der Waals surface area contributed by atoms with Crippen LogP contribution in [0.15, 0.2) is 36.5 Å². The molecule has 0 bridgehead atoms. The van der Waals surface area contributed by atoms with Crippen LogP contribution in [0.2, 0.25) is 0 Å². The molecule has 0 aliphatic rings. The lowest BCUT2D eigenvalue weighted by molar-refractivity contribution is 0.517. The van der Waals surface area contributed by atoms with E-state index in [2.05, 4.69) is 30.3 Å². The van der Waals surface area contributed by atoms with Crippen LogP contribution in [0.25, 0.3) is 0 Å². The van der Waals surface area contributed by atoms with Crippen LogP contribution in [0, 0.1) is 11.3 Å². The molecule has 0 radical (unpaired) electrons. The van der Waals surface area contributed by atoms with Crippen LogP contribution in [0.4, 0.5) is 0 Å². The minimum absolute atomic E-state index is 0.243. The Morgan fingerprint density at radius 1 is 1.30 bits per heavy atom. The lowest BCUT2D eigenvalue weighted by Crippen LogP contribution is -2.20.